The Bertz CT molecular complexity index is 492. The third kappa shape index (κ3) is 11.3. The van der Waals surface area contributed by atoms with E-state index in [4.69, 9.17) is 10.5 Å². The molecule has 0 spiro atoms. The molecule has 4 nitrogen and oxygen atoms in total. The maximum atomic E-state index is 12.5. The summed E-state index contributed by atoms with van der Waals surface area (Å²) in [6, 6.07) is 9.67. The highest BCUT2D eigenvalue weighted by Gasteiger charge is 2.20. The molecular weight excluding hydrogens is 338 g/mol. The summed E-state index contributed by atoms with van der Waals surface area (Å²) in [6.07, 6.45) is 8.83. The Kier molecular flexibility index (Phi) is 13.0. The summed E-state index contributed by atoms with van der Waals surface area (Å²) in [6.45, 7) is 2.75. The van der Waals surface area contributed by atoms with E-state index < -0.39 is 6.04 Å². The lowest BCUT2D eigenvalue weighted by atomic mass is 9.91. The number of aliphatic hydroxyl groups is 1. The van der Waals surface area contributed by atoms with Crippen LogP contribution in [0.1, 0.15) is 70.3 Å². The molecule has 4 heteroatoms. The van der Waals surface area contributed by atoms with Crippen molar-refractivity contribution in [3.8, 4) is 0 Å². The van der Waals surface area contributed by atoms with Gasteiger partial charge >= 0.3 is 0 Å². The van der Waals surface area contributed by atoms with E-state index >= 15 is 0 Å². The van der Waals surface area contributed by atoms with Crippen LogP contribution >= 0.6 is 0 Å². The van der Waals surface area contributed by atoms with Crippen LogP contribution in [0.2, 0.25) is 0 Å². The zero-order chi connectivity index (χ0) is 19.9. The second kappa shape index (κ2) is 14.8. The number of benzene rings is 1. The third-order valence-corrected chi connectivity index (χ3v) is 5.12. The minimum Gasteiger partial charge on any atom is -0.393 e. The highest BCUT2D eigenvalue weighted by molar-refractivity contribution is 5.83. The smallest absolute Gasteiger partial charge is 0.149 e. The first-order valence-corrected chi connectivity index (χ1v) is 10.6. The molecule has 154 valence electrons. The SMILES string of the molecule is CCCCCCCC(O)CCC(N)C(=O)C[C@H](COC)Cc1ccccc1. The number of ether oxygens (including phenoxy) is 1. The van der Waals surface area contributed by atoms with Crippen molar-refractivity contribution in [2.75, 3.05) is 13.7 Å². The Hall–Kier alpha value is -1.23. The summed E-state index contributed by atoms with van der Waals surface area (Å²) in [7, 11) is 1.67. The number of ketones is 1. The quantitative estimate of drug-likeness (QED) is 0.422. The molecule has 0 aromatic heterocycles. The zero-order valence-electron chi connectivity index (χ0n) is 17.2. The molecule has 27 heavy (non-hydrogen) atoms. The molecule has 0 amide bonds. The van der Waals surface area contributed by atoms with Crippen LogP contribution in [0.25, 0.3) is 0 Å². The van der Waals surface area contributed by atoms with E-state index in [1.54, 1.807) is 7.11 Å². The first kappa shape index (κ1) is 23.8. The second-order valence-electron chi connectivity index (χ2n) is 7.72. The molecule has 0 bridgehead atoms. The Morgan fingerprint density at radius 3 is 2.44 bits per heavy atom. The first-order chi connectivity index (χ1) is 13.1. The van der Waals surface area contributed by atoms with Gasteiger partial charge in [-0.3, -0.25) is 4.79 Å². The lowest BCUT2D eigenvalue weighted by molar-refractivity contribution is -0.121. The van der Waals surface area contributed by atoms with E-state index in [9.17, 15) is 9.90 Å². The lowest BCUT2D eigenvalue weighted by Crippen LogP contribution is -2.33. The number of carbonyl (C=O) groups is 1. The first-order valence-electron chi connectivity index (χ1n) is 10.6. The molecule has 2 unspecified atom stereocenters. The maximum Gasteiger partial charge on any atom is 0.149 e. The van der Waals surface area contributed by atoms with Crippen molar-refractivity contribution in [2.24, 2.45) is 11.7 Å². The van der Waals surface area contributed by atoms with Crippen LogP contribution in [0.5, 0.6) is 0 Å². The number of unbranched alkanes of at least 4 members (excludes halogenated alkanes) is 4. The minimum absolute atomic E-state index is 0.0723. The van der Waals surface area contributed by atoms with Gasteiger partial charge in [0.2, 0.25) is 0 Å². The molecule has 3 atom stereocenters. The minimum atomic E-state index is -0.491. The monoisotopic (exact) mass is 377 g/mol. The number of aliphatic hydroxyl groups excluding tert-OH is 1. The summed E-state index contributed by atoms with van der Waals surface area (Å²) in [5.41, 5.74) is 7.30. The Morgan fingerprint density at radius 1 is 1.07 bits per heavy atom. The normalized spacial score (nSPS) is 14.7. The number of carbonyl (C=O) groups excluding carboxylic acids is 1. The Balaban J connectivity index is 2.31. The number of rotatable bonds is 16. The van der Waals surface area contributed by atoms with Crippen LogP contribution < -0.4 is 5.73 Å². The van der Waals surface area contributed by atoms with Gasteiger partial charge in [0.25, 0.3) is 0 Å². The van der Waals surface area contributed by atoms with Crippen LogP contribution in [0.15, 0.2) is 30.3 Å². The van der Waals surface area contributed by atoms with Gasteiger partial charge in [-0.25, -0.2) is 0 Å². The Morgan fingerprint density at radius 2 is 1.78 bits per heavy atom. The summed E-state index contributed by atoms with van der Waals surface area (Å²) in [4.78, 5) is 12.5. The van der Waals surface area contributed by atoms with Gasteiger partial charge in [0, 0.05) is 20.1 Å². The molecule has 1 aromatic carbocycles. The predicted octanol–water partition coefficient (Wildman–Crippen LogP) is 4.28. The molecule has 0 aliphatic heterocycles. The number of methoxy groups -OCH3 is 1. The fraction of sp³-hybridized carbons (Fsp3) is 0.696. The van der Waals surface area contributed by atoms with Crippen molar-refractivity contribution in [3.05, 3.63) is 35.9 Å². The van der Waals surface area contributed by atoms with Gasteiger partial charge in [0.05, 0.1) is 12.1 Å². The summed E-state index contributed by atoms with van der Waals surface area (Å²) in [5, 5.41) is 10.1. The lowest BCUT2D eigenvalue weighted by Gasteiger charge is -2.19. The highest BCUT2D eigenvalue weighted by atomic mass is 16.5. The summed E-state index contributed by atoms with van der Waals surface area (Å²) in [5.74, 6) is 0.211. The molecule has 0 saturated carbocycles. The molecule has 0 radical (unpaired) electrons. The number of hydrogen-bond acceptors (Lipinski definition) is 4. The molecule has 0 heterocycles. The van der Waals surface area contributed by atoms with Crippen molar-refractivity contribution in [3.63, 3.8) is 0 Å². The van der Waals surface area contributed by atoms with E-state index in [-0.39, 0.29) is 17.8 Å². The van der Waals surface area contributed by atoms with Crippen LogP contribution in [-0.2, 0) is 16.0 Å². The summed E-state index contributed by atoms with van der Waals surface area (Å²) < 4.78 is 5.29. The fourth-order valence-electron chi connectivity index (χ4n) is 3.47. The van der Waals surface area contributed by atoms with E-state index in [2.05, 4.69) is 19.1 Å². The predicted molar refractivity (Wildman–Crippen MR) is 112 cm³/mol. The van der Waals surface area contributed by atoms with Crippen molar-refractivity contribution < 1.29 is 14.6 Å². The van der Waals surface area contributed by atoms with Crippen molar-refractivity contribution in [2.45, 2.75) is 83.3 Å². The molecule has 1 rings (SSSR count). The van der Waals surface area contributed by atoms with Gasteiger partial charge in [-0.05, 0) is 37.2 Å². The fourth-order valence-corrected chi connectivity index (χ4v) is 3.47. The average Bonchev–Trinajstić information content (AvgIpc) is 2.66. The number of nitrogens with two attached hydrogens (primary N) is 1. The van der Waals surface area contributed by atoms with Crippen LogP contribution in [0, 0.1) is 5.92 Å². The van der Waals surface area contributed by atoms with Gasteiger partial charge in [-0.1, -0.05) is 69.4 Å². The Labute approximate surface area is 165 Å². The van der Waals surface area contributed by atoms with E-state index in [1.807, 2.05) is 18.2 Å². The highest BCUT2D eigenvalue weighted by Crippen LogP contribution is 2.16. The molecule has 0 aliphatic carbocycles. The number of Topliss-reactive ketones (excluding diaryl/α,β-unsaturated/α-hetero) is 1. The van der Waals surface area contributed by atoms with Gasteiger partial charge < -0.3 is 15.6 Å². The molecule has 3 N–H and O–H groups in total. The van der Waals surface area contributed by atoms with Crippen molar-refractivity contribution in [1.29, 1.82) is 0 Å². The van der Waals surface area contributed by atoms with Crippen LogP contribution in [0.4, 0.5) is 0 Å². The van der Waals surface area contributed by atoms with Crippen LogP contribution in [-0.4, -0.2) is 36.8 Å². The average molecular weight is 378 g/mol. The van der Waals surface area contributed by atoms with Gasteiger partial charge in [0.1, 0.15) is 5.78 Å². The van der Waals surface area contributed by atoms with E-state index in [1.165, 1.54) is 31.2 Å². The second-order valence-corrected chi connectivity index (χ2v) is 7.72. The van der Waals surface area contributed by atoms with Crippen molar-refractivity contribution >= 4 is 5.78 Å². The molecular formula is C23H39NO3. The summed E-state index contributed by atoms with van der Waals surface area (Å²) >= 11 is 0. The molecule has 0 aliphatic rings. The van der Waals surface area contributed by atoms with Gasteiger partial charge in [0.15, 0.2) is 0 Å². The van der Waals surface area contributed by atoms with Gasteiger partial charge in [-0.2, -0.15) is 0 Å². The molecule has 0 saturated heterocycles. The van der Waals surface area contributed by atoms with Gasteiger partial charge in [-0.15, -0.1) is 0 Å². The molecule has 1 aromatic rings. The van der Waals surface area contributed by atoms with Crippen LogP contribution in [0.3, 0.4) is 0 Å². The third-order valence-electron chi connectivity index (χ3n) is 5.12. The van der Waals surface area contributed by atoms with E-state index in [0.717, 1.165) is 19.3 Å². The standard InChI is InChI=1S/C23H39NO3/c1-3-4-5-6-10-13-21(25)14-15-22(24)23(26)17-20(18-27-2)16-19-11-8-7-9-12-19/h7-9,11-12,20-22,25H,3-6,10,13-18,24H2,1-2H3/t20-,21?,22?/m1/s1. The largest absolute Gasteiger partial charge is 0.393 e. The zero-order valence-corrected chi connectivity index (χ0v) is 17.2. The topological polar surface area (TPSA) is 72.5 Å². The van der Waals surface area contributed by atoms with Crippen molar-refractivity contribution in [1.82, 2.24) is 0 Å². The maximum absolute atomic E-state index is 12.5. The molecule has 0 fully saturated rings. The number of hydrogen-bond donors (Lipinski definition) is 2. The van der Waals surface area contributed by atoms with E-state index in [0.29, 0.717) is 25.9 Å².